The Kier molecular flexibility index (Phi) is 7.72. The molecule has 1 unspecified atom stereocenters. The van der Waals surface area contributed by atoms with Crippen LogP contribution in [0.2, 0.25) is 0 Å². The molecule has 2 aromatic rings. The Labute approximate surface area is 200 Å². The Morgan fingerprint density at radius 3 is 2.06 bits per heavy atom. The van der Waals surface area contributed by atoms with E-state index in [-0.39, 0.29) is 25.5 Å². The highest BCUT2D eigenvalue weighted by atomic mass is 19.4. The van der Waals surface area contributed by atoms with Crippen molar-refractivity contribution in [3.8, 4) is 11.1 Å². The molecule has 3 rings (SSSR count). The SMILES string of the molecule is CC(C)(CCNC(=O)OCC1c2ccccc2-c2ccccc21)C(=O)NC(CC(=O)O)C(F)(F)F. The van der Waals surface area contributed by atoms with Crippen LogP contribution in [-0.4, -0.2) is 48.4 Å². The van der Waals surface area contributed by atoms with Crippen LogP contribution in [-0.2, 0) is 14.3 Å². The zero-order valence-corrected chi connectivity index (χ0v) is 19.3. The molecule has 1 atom stereocenters. The maximum atomic E-state index is 13.0. The van der Waals surface area contributed by atoms with Crippen molar-refractivity contribution in [3.05, 3.63) is 59.7 Å². The van der Waals surface area contributed by atoms with E-state index in [1.165, 1.54) is 13.8 Å². The average molecular weight is 492 g/mol. The van der Waals surface area contributed by atoms with E-state index in [0.717, 1.165) is 22.3 Å². The molecule has 1 aliphatic rings. The molecule has 0 fully saturated rings. The van der Waals surface area contributed by atoms with E-state index in [1.54, 1.807) is 5.32 Å². The summed E-state index contributed by atoms with van der Waals surface area (Å²) in [5.41, 5.74) is 2.99. The van der Waals surface area contributed by atoms with Gasteiger partial charge in [0.1, 0.15) is 12.6 Å². The number of alkyl carbamates (subject to hydrolysis) is 1. The van der Waals surface area contributed by atoms with Crippen molar-refractivity contribution in [1.29, 1.82) is 0 Å². The molecule has 0 saturated carbocycles. The summed E-state index contributed by atoms with van der Waals surface area (Å²) in [6.45, 7) is 2.91. The molecule has 0 spiro atoms. The number of benzene rings is 2. The van der Waals surface area contributed by atoms with Crippen LogP contribution in [0.4, 0.5) is 18.0 Å². The molecule has 2 amide bonds. The van der Waals surface area contributed by atoms with Gasteiger partial charge in [0.15, 0.2) is 0 Å². The monoisotopic (exact) mass is 492 g/mol. The molecule has 0 heterocycles. The summed E-state index contributed by atoms with van der Waals surface area (Å²) in [4.78, 5) is 35.3. The summed E-state index contributed by atoms with van der Waals surface area (Å²) < 4.78 is 44.5. The lowest BCUT2D eigenvalue weighted by molar-refractivity contribution is -0.172. The maximum Gasteiger partial charge on any atom is 0.409 e. The number of ether oxygens (including phenoxy) is 1. The van der Waals surface area contributed by atoms with Gasteiger partial charge in [-0.1, -0.05) is 62.4 Å². The Hall–Kier alpha value is -3.56. The average Bonchev–Trinajstić information content (AvgIpc) is 3.10. The third-order valence-electron chi connectivity index (χ3n) is 6.06. The molecule has 35 heavy (non-hydrogen) atoms. The number of carbonyl (C=O) groups excluding carboxylic acids is 2. The zero-order valence-electron chi connectivity index (χ0n) is 19.3. The number of rotatable bonds is 9. The molecule has 1 aliphatic carbocycles. The number of nitrogens with one attached hydrogen (secondary N) is 2. The molecular weight excluding hydrogens is 465 g/mol. The van der Waals surface area contributed by atoms with Crippen molar-refractivity contribution in [3.63, 3.8) is 0 Å². The van der Waals surface area contributed by atoms with Gasteiger partial charge in [-0.2, -0.15) is 13.2 Å². The highest BCUT2D eigenvalue weighted by molar-refractivity contribution is 5.83. The number of carboxylic acids is 1. The molecule has 0 aliphatic heterocycles. The van der Waals surface area contributed by atoms with Gasteiger partial charge < -0.3 is 20.5 Å². The third kappa shape index (κ3) is 6.32. The maximum absolute atomic E-state index is 13.0. The van der Waals surface area contributed by atoms with Crippen LogP contribution in [0, 0.1) is 5.41 Å². The summed E-state index contributed by atoms with van der Waals surface area (Å²) in [6, 6.07) is 13.2. The molecule has 0 bridgehead atoms. The zero-order chi connectivity index (χ0) is 25.8. The number of hydrogen-bond donors (Lipinski definition) is 3. The van der Waals surface area contributed by atoms with Crippen LogP contribution in [0.1, 0.15) is 43.7 Å². The number of alkyl halides is 3. The molecule has 7 nitrogen and oxygen atoms in total. The fourth-order valence-corrected chi connectivity index (χ4v) is 4.02. The highest BCUT2D eigenvalue weighted by Gasteiger charge is 2.44. The van der Waals surface area contributed by atoms with Gasteiger partial charge in [-0.3, -0.25) is 9.59 Å². The first-order chi connectivity index (χ1) is 16.4. The van der Waals surface area contributed by atoms with Gasteiger partial charge in [0.2, 0.25) is 5.91 Å². The van der Waals surface area contributed by atoms with Gasteiger partial charge in [-0.05, 0) is 28.7 Å². The quantitative estimate of drug-likeness (QED) is 0.479. The summed E-state index contributed by atoms with van der Waals surface area (Å²) in [5, 5.41) is 13.0. The normalized spacial score (nSPS) is 14.0. The van der Waals surface area contributed by atoms with Crippen molar-refractivity contribution in [2.45, 2.75) is 44.8 Å². The van der Waals surface area contributed by atoms with Crippen molar-refractivity contribution < 1.29 is 37.4 Å². The van der Waals surface area contributed by atoms with Crippen LogP contribution in [0.5, 0.6) is 0 Å². The number of halogens is 3. The van der Waals surface area contributed by atoms with Gasteiger partial charge >= 0.3 is 18.2 Å². The van der Waals surface area contributed by atoms with Gasteiger partial charge in [-0.25, -0.2) is 4.79 Å². The predicted molar refractivity (Wildman–Crippen MR) is 122 cm³/mol. The van der Waals surface area contributed by atoms with Crippen molar-refractivity contribution >= 4 is 18.0 Å². The molecule has 10 heteroatoms. The number of amides is 2. The van der Waals surface area contributed by atoms with Crippen LogP contribution >= 0.6 is 0 Å². The Morgan fingerprint density at radius 1 is 1.00 bits per heavy atom. The first-order valence-corrected chi connectivity index (χ1v) is 11.1. The largest absolute Gasteiger partial charge is 0.481 e. The summed E-state index contributed by atoms with van der Waals surface area (Å²) in [7, 11) is 0. The van der Waals surface area contributed by atoms with E-state index >= 15 is 0 Å². The third-order valence-corrected chi connectivity index (χ3v) is 6.06. The number of carbonyl (C=O) groups is 3. The fraction of sp³-hybridized carbons (Fsp3) is 0.400. The summed E-state index contributed by atoms with van der Waals surface area (Å²) in [5.74, 6) is -2.76. The van der Waals surface area contributed by atoms with E-state index in [1.807, 2.05) is 48.5 Å². The number of carboxylic acid groups (broad SMARTS) is 1. The lowest BCUT2D eigenvalue weighted by Crippen LogP contribution is -2.51. The van der Waals surface area contributed by atoms with E-state index in [2.05, 4.69) is 5.32 Å². The van der Waals surface area contributed by atoms with E-state index in [9.17, 15) is 27.6 Å². The molecule has 0 saturated heterocycles. The van der Waals surface area contributed by atoms with Crippen LogP contribution in [0.3, 0.4) is 0 Å². The second-order valence-corrected chi connectivity index (χ2v) is 9.05. The smallest absolute Gasteiger partial charge is 0.409 e. The van der Waals surface area contributed by atoms with Gasteiger partial charge in [0, 0.05) is 17.9 Å². The van der Waals surface area contributed by atoms with Crippen molar-refractivity contribution in [2.75, 3.05) is 13.2 Å². The minimum atomic E-state index is -4.90. The van der Waals surface area contributed by atoms with Gasteiger partial charge in [-0.15, -0.1) is 0 Å². The minimum absolute atomic E-state index is 0.0146. The van der Waals surface area contributed by atoms with Crippen LogP contribution in [0.25, 0.3) is 11.1 Å². The molecule has 0 aromatic heterocycles. The molecule has 2 aromatic carbocycles. The van der Waals surface area contributed by atoms with E-state index in [0.29, 0.717) is 0 Å². The standard InChI is InChI=1S/C25H27F3N2O5/c1-24(2,22(33)30-20(13-21(31)32)25(26,27)28)11-12-29-23(34)35-14-19-17-9-5-3-7-15(17)16-8-4-6-10-18(16)19/h3-10,19-20H,11-14H2,1-2H3,(H,29,34)(H,30,33)(H,31,32). The molecule has 3 N–H and O–H groups in total. The van der Waals surface area contributed by atoms with Crippen LogP contribution in [0.15, 0.2) is 48.5 Å². The van der Waals surface area contributed by atoms with E-state index in [4.69, 9.17) is 9.84 Å². The predicted octanol–water partition coefficient (Wildman–Crippen LogP) is 4.46. The van der Waals surface area contributed by atoms with Gasteiger partial charge in [0.25, 0.3) is 0 Å². The molecule has 0 radical (unpaired) electrons. The van der Waals surface area contributed by atoms with Crippen molar-refractivity contribution in [2.24, 2.45) is 5.41 Å². The summed E-state index contributed by atoms with van der Waals surface area (Å²) in [6.07, 6.45) is -6.87. The lowest BCUT2D eigenvalue weighted by atomic mass is 9.87. The number of fused-ring (bicyclic) bond motifs is 3. The van der Waals surface area contributed by atoms with Gasteiger partial charge in [0.05, 0.1) is 6.42 Å². The number of hydrogen-bond acceptors (Lipinski definition) is 4. The minimum Gasteiger partial charge on any atom is -0.481 e. The second kappa shape index (κ2) is 10.4. The van der Waals surface area contributed by atoms with Crippen LogP contribution < -0.4 is 10.6 Å². The van der Waals surface area contributed by atoms with Crippen molar-refractivity contribution in [1.82, 2.24) is 10.6 Å². The first kappa shape index (κ1) is 26.1. The topological polar surface area (TPSA) is 105 Å². The lowest BCUT2D eigenvalue weighted by Gasteiger charge is -2.28. The molecule has 188 valence electrons. The highest BCUT2D eigenvalue weighted by Crippen LogP contribution is 2.44. The fourth-order valence-electron chi connectivity index (χ4n) is 4.02. The Bertz CT molecular complexity index is 1060. The first-order valence-electron chi connectivity index (χ1n) is 11.1. The summed E-state index contributed by atoms with van der Waals surface area (Å²) >= 11 is 0. The van der Waals surface area contributed by atoms with E-state index < -0.39 is 42.0 Å². The Balaban J connectivity index is 1.51. The Morgan fingerprint density at radius 2 is 1.54 bits per heavy atom. The second-order valence-electron chi connectivity index (χ2n) is 9.05. The molecular formula is C25H27F3N2O5. The number of aliphatic carboxylic acids is 1.